The van der Waals surface area contributed by atoms with Crippen LogP contribution in [0.5, 0.6) is 0 Å². The molecule has 0 spiro atoms. The van der Waals surface area contributed by atoms with Crippen LogP contribution in [-0.2, 0) is 4.74 Å². The Morgan fingerprint density at radius 1 is 0.619 bits per heavy atom. The first-order chi connectivity index (χ1) is 10.3. The van der Waals surface area contributed by atoms with E-state index < -0.39 is 0 Å². The van der Waals surface area contributed by atoms with Crippen LogP contribution in [0, 0.1) is 6.61 Å². The molecule has 0 N–H and O–H groups in total. The molecule has 0 aromatic heterocycles. The third kappa shape index (κ3) is 16.2. The molecule has 0 aliphatic carbocycles. The van der Waals surface area contributed by atoms with Gasteiger partial charge in [0.25, 0.3) is 0 Å². The highest BCUT2D eigenvalue weighted by Gasteiger charge is 2.08. The molecule has 0 saturated heterocycles. The largest absolute Gasteiger partial charge is 0.373 e. The lowest BCUT2D eigenvalue weighted by Gasteiger charge is -2.16. The molecule has 0 aromatic rings. The first-order valence-electron chi connectivity index (χ1n) is 9.78. The summed E-state index contributed by atoms with van der Waals surface area (Å²) in [6.45, 7) is 8.47. The summed E-state index contributed by atoms with van der Waals surface area (Å²) in [4.78, 5) is 0. The van der Waals surface area contributed by atoms with Crippen LogP contribution in [0.15, 0.2) is 0 Å². The van der Waals surface area contributed by atoms with Crippen LogP contribution in [0.3, 0.4) is 0 Å². The van der Waals surface area contributed by atoms with E-state index in [1.807, 2.05) is 13.5 Å². The SMILES string of the molecule is C[CH]OC(CCCCCCCC)CCCCCCCCC. The van der Waals surface area contributed by atoms with Crippen molar-refractivity contribution in [2.24, 2.45) is 0 Å². The molecule has 1 atom stereocenters. The summed E-state index contributed by atoms with van der Waals surface area (Å²) in [7, 11) is 0. The first-order valence-corrected chi connectivity index (χ1v) is 9.78. The third-order valence-corrected chi connectivity index (χ3v) is 4.34. The number of hydrogen-bond donors (Lipinski definition) is 0. The summed E-state index contributed by atoms with van der Waals surface area (Å²) >= 11 is 0. The van der Waals surface area contributed by atoms with Gasteiger partial charge in [0.05, 0.1) is 12.7 Å². The second-order valence-electron chi connectivity index (χ2n) is 6.46. The lowest BCUT2D eigenvalue weighted by molar-refractivity contribution is 0.0889. The van der Waals surface area contributed by atoms with E-state index in [4.69, 9.17) is 4.74 Å². The van der Waals surface area contributed by atoms with Crippen LogP contribution >= 0.6 is 0 Å². The topological polar surface area (TPSA) is 9.23 Å². The van der Waals surface area contributed by atoms with E-state index in [0.29, 0.717) is 6.10 Å². The summed E-state index contributed by atoms with van der Waals surface area (Å²) in [6.07, 6.45) is 21.1. The van der Waals surface area contributed by atoms with Crippen molar-refractivity contribution < 1.29 is 4.74 Å². The van der Waals surface area contributed by atoms with Crippen molar-refractivity contribution in [3.05, 3.63) is 6.61 Å². The maximum absolute atomic E-state index is 5.79. The van der Waals surface area contributed by atoms with Gasteiger partial charge in [-0.1, -0.05) is 97.3 Å². The fourth-order valence-corrected chi connectivity index (χ4v) is 2.95. The monoisotopic (exact) mass is 297 g/mol. The van der Waals surface area contributed by atoms with Crippen molar-refractivity contribution in [1.82, 2.24) is 0 Å². The lowest BCUT2D eigenvalue weighted by Crippen LogP contribution is -2.11. The molecule has 127 valence electrons. The predicted molar refractivity (Wildman–Crippen MR) is 95.5 cm³/mol. The summed E-state index contributed by atoms with van der Waals surface area (Å²) < 4.78 is 5.79. The second kappa shape index (κ2) is 18.0. The van der Waals surface area contributed by atoms with E-state index in [1.54, 1.807) is 0 Å². The lowest BCUT2D eigenvalue weighted by atomic mass is 10.0. The Morgan fingerprint density at radius 3 is 1.38 bits per heavy atom. The zero-order valence-corrected chi connectivity index (χ0v) is 15.2. The Morgan fingerprint density at radius 2 is 1.00 bits per heavy atom. The van der Waals surface area contributed by atoms with Gasteiger partial charge in [-0.05, 0) is 19.8 Å². The van der Waals surface area contributed by atoms with E-state index >= 15 is 0 Å². The molecule has 21 heavy (non-hydrogen) atoms. The van der Waals surface area contributed by atoms with Gasteiger partial charge in [0, 0.05) is 0 Å². The Kier molecular flexibility index (Phi) is 18.0. The summed E-state index contributed by atoms with van der Waals surface area (Å²) in [5, 5.41) is 0. The average Bonchev–Trinajstić information content (AvgIpc) is 2.49. The van der Waals surface area contributed by atoms with Crippen molar-refractivity contribution in [2.45, 2.75) is 123 Å². The fourth-order valence-electron chi connectivity index (χ4n) is 2.95. The molecule has 1 heteroatoms. The molecule has 0 saturated carbocycles. The van der Waals surface area contributed by atoms with Crippen LogP contribution < -0.4 is 0 Å². The molecule has 1 nitrogen and oxygen atoms in total. The van der Waals surface area contributed by atoms with Gasteiger partial charge in [-0.2, -0.15) is 0 Å². The van der Waals surface area contributed by atoms with Gasteiger partial charge in [-0.25, -0.2) is 0 Å². The molecule has 0 bridgehead atoms. The highest BCUT2D eigenvalue weighted by Crippen LogP contribution is 2.17. The van der Waals surface area contributed by atoms with Gasteiger partial charge in [-0.15, -0.1) is 0 Å². The van der Waals surface area contributed by atoms with E-state index in [-0.39, 0.29) is 0 Å². The number of unbranched alkanes of at least 4 members (excludes halogenated alkanes) is 11. The quantitative estimate of drug-likeness (QED) is 0.253. The van der Waals surface area contributed by atoms with Crippen LogP contribution in [0.1, 0.15) is 117 Å². The standard InChI is InChI=1S/C20H41O/c1-4-7-9-11-13-15-17-19-20(21-6-3)18-16-14-12-10-8-5-2/h6,20H,4-5,7-19H2,1-3H3. The highest BCUT2D eigenvalue weighted by atomic mass is 16.5. The van der Waals surface area contributed by atoms with E-state index in [1.165, 1.54) is 96.3 Å². The molecule has 0 amide bonds. The van der Waals surface area contributed by atoms with Gasteiger partial charge in [0.1, 0.15) is 0 Å². The smallest absolute Gasteiger partial charge is 0.0809 e. The van der Waals surface area contributed by atoms with Crippen LogP contribution in [0.2, 0.25) is 0 Å². The van der Waals surface area contributed by atoms with E-state index in [2.05, 4.69) is 13.8 Å². The Bertz CT molecular complexity index is 179. The van der Waals surface area contributed by atoms with Crippen molar-refractivity contribution in [2.75, 3.05) is 0 Å². The number of rotatable bonds is 17. The molecule has 0 heterocycles. The molecule has 0 fully saturated rings. The van der Waals surface area contributed by atoms with Gasteiger partial charge in [0.15, 0.2) is 0 Å². The normalized spacial score (nSPS) is 12.7. The van der Waals surface area contributed by atoms with Gasteiger partial charge < -0.3 is 4.74 Å². The van der Waals surface area contributed by atoms with Crippen molar-refractivity contribution in [1.29, 1.82) is 0 Å². The fraction of sp³-hybridized carbons (Fsp3) is 0.950. The Balaban J connectivity index is 3.44. The Hall–Kier alpha value is -0.0400. The van der Waals surface area contributed by atoms with Gasteiger partial charge in [-0.3, -0.25) is 0 Å². The van der Waals surface area contributed by atoms with Crippen molar-refractivity contribution >= 4 is 0 Å². The molecular formula is C20H41O. The molecule has 0 aliphatic heterocycles. The van der Waals surface area contributed by atoms with Crippen molar-refractivity contribution in [3.63, 3.8) is 0 Å². The zero-order valence-electron chi connectivity index (χ0n) is 15.2. The highest BCUT2D eigenvalue weighted by molar-refractivity contribution is 4.61. The first kappa shape index (κ1) is 21.0. The van der Waals surface area contributed by atoms with Crippen LogP contribution in [0.25, 0.3) is 0 Å². The number of hydrogen-bond acceptors (Lipinski definition) is 1. The van der Waals surface area contributed by atoms with Crippen molar-refractivity contribution in [3.8, 4) is 0 Å². The van der Waals surface area contributed by atoms with Gasteiger partial charge in [0.2, 0.25) is 0 Å². The minimum Gasteiger partial charge on any atom is -0.373 e. The third-order valence-electron chi connectivity index (χ3n) is 4.34. The maximum atomic E-state index is 5.79. The molecule has 0 rings (SSSR count). The average molecular weight is 298 g/mol. The minimum atomic E-state index is 0.483. The Labute approximate surface area is 135 Å². The molecule has 1 unspecified atom stereocenters. The summed E-state index contributed by atoms with van der Waals surface area (Å²) in [5.41, 5.74) is 0. The van der Waals surface area contributed by atoms with Gasteiger partial charge >= 0.3 is 0 Å². The summed E-state index contributed by atoms with van der Waals surface area (Å²) in [5.74, 6) is 0. The molecule has 1 radical (unpaired) electrons. The van der Waals surface area contributed by atoms with E-state index in [0.717, 1.165) is 0 Å². The number of ether oxygens (including phenoxy) is 1. The van der Waals surface area contributed by atoms with Crippen LogP contribution in [-0.4, -0.2) is 6.10 Å². The second-order valence-corrected chi connectivity index (χ2v) is 6.46. The zero-order chi connectivity index (χ0) is 15.6. The molecule has 0 aliphatic rings. The predicted octanol–water partition coefficient (Wildman–Crippen LogP) is 7.44. The summed E-state index contributed by atoms with van der Waals surface area (Å²) in [6, 6.07) is 0. The van der Waals surface area contributed by atoms with E-state index in [9.17, 15) is 0 Å². The molecular weight excluding hydrogens is 256 g/mol. The molecule has 0 aromatic carbocycles. The minimum absolute atomic E-state index is 0.483. The maximum Gasteiger partial charge on any atom is 0.0809 e. The van der Waals surface area contributed by atoms with Crippen LogP contribution in [0.4, 0.5) is 0 Å².